The molecule has 0 spiro atoms. The van der Waals surface area contributed by atoms with Crippen LogP contribution in [0.2, 0.25) is 0 Å². The van der Waals surface area contributed by atoms with Gasteiger partial charge in [0, 0.05) is 36.0 Å². The van der Waals surface area contributed by atoms with Crippen LogP contribution in [0.5, 0.6) is 0 Å². The van der Waals surface area contributed by atoms with Crippen LogP contribution in [0.1, 0.15) is 43.9 Å². The van der Waals surface area contributed by atoms with Gasteiger partial charge >= 0.3 is 0 Å². The van der Waals surface area contributed by atoms with E-state index in [-0.39, 0.29) is 10.8 Å². The quantitative estimate of drug-likeness (QED) is 0.478. The van der Waals surface area contributed by atoms with Crippen LogP contribution in [0.3, 0.4) is 0 Å². The summed E-state index contributed by atoms with van der Waals surface area (Å²) in [6.07, 6.45) is 4.79. The second-order valence-electron chi connectivity index (χ2n) is 10.0. The lowest BCUT2D eigenvalue weighted by Gasteiger charge is -2.35. The van der Waals surface area contributed by atoms with Crippen LogP contribution in [0.4, 0.5) is 0 Å². The molecule has 0 aliphatic carbocycles. The molecule has 184 valence electrons. The van der Waals surface area contributed by atoms with Crippen LogP contribution in [0.15, 0.2) is 59.6 Å². The van der Waals surface area contributed by atoms with Crippen molar-refractivity contribution in [1.82, 2.24) is 14.9 Å². The highest BCUT2D eigenvalue weighted by molar-refractivity contribution is 7.90. The summed E-state index contributed by atoms with van der Waals surface area (Å²) in [6, 6.07) is 18.7. The summed E-state index contributed by atoms with van der Waals surface area (Å²) in [4.78, 5) is 12.2. The number of nitrogens with zero attached hydrogens (tertiary/aromatic N) is 5. The molecule has 1 fully saturated rings. The van der Waals surface area contributed by atoms with Crippen molar-refractivity contribution in [3.63, 3.8) is 0 Å². The van der Waals surface area contributed by atoms with Crippen molar-refractivity contribution >= 4 is 9.84 Å². The smallest absolute Gasteiger partial charge is 0.175 e. The van der Waals surface area contributed by atoms with E-state index >= 15 is 0 Å². The topological polar surface area (TPSA) is 111 Å². The Hall–Kier alpha value is -3.59. The minimum Gasteiger partial charge on any atom is -0.302 e. The average Bonchev–Trinajstić information content (AvgIpc) is 2.88. The highest BCUT2D eigenvalue weighted by Crippen LogP contribution is 2.36. The Kier molecular flexibility index (Phi) is 7.21. The van der Waals surface area contributed by atoms with Gasteiger partial charge in [0.2, 0.25) is 0 Å². The number of hydrogen-bond donors (Lipinski definition) is 0. The first-order chi connectivity index (χ1) is 17.1. The summed E-state index contributed by atoms with van der Waals surface area (Å²) >= 11 is 0. The van der Waals surface area contributed by atoms with Crippen LogP contribution >= 0.6 is 0 Å². The molecule has 0 N–H and O–H groups in total. The minimum atomic E-state index is -3.29. The summed E-state index contributed by atoms with van der Waals surface area (Å²) in [7, 11) is -3.29. The van der Waals surface area contributed by atoms with E-state index < -0.39 is 15.3 Å². The van der Waals surface area contributed by atoms with Gasteiger partial charge in [0.15, 0.2) is 15.7 Å². The zero-order valence-electron chi connectivity index (χ0n) is 20.8. The molecule has 1 aliphatic rings. The van der Waals surface area contributed by atoms with Gasteiger partial charge in [-0.25, -0.2) is 18.4 Å². The fourth-order valence-corrected chi connectivity index (χ4v) is 5.26. The Morgan fingerprint density at radius 2 is 1.75 bits per heavy atom. The monoisotopic (exact) mass is 499 g/mol. The van der Waals surface area contributed by atoms with Crippen molar-refractivity contribution in [3.8, 4) is 34.7 Å². The molecule has 0 amide bonds. The maximum Gasteiger partial charge on any atom is 0.175 e. The van der Waals surface area contributed by atoms with E-state index in [2.05, 4.69) is 22.0 Å². The van der Waals surface area contributed by atoms with E-state index in [0.29, 0.717) is 11.4 Å². The highest BCUT2D eigenvalue weighted by Gasteiger charge is 2.28. The van der Waals surface area contributed by atoms with Crippen LogP contribution in [-0.4, -0.2) is 49.2 Å². The largest absolute Gasteiger partial charge is 0.302 e. The highest BCUT2D eigenvalue weighted by atomic mass is 32.2. The predicted molar refractivity (Wildman–Crippen MR) is 139 cm³/mol. The number of likely N-dealkylation sites (tertiary alicyclic amines) is 1. The van der Waals surface area contributed by atoms with Gasteiger partial charge in [0.25, 0.3) is 0 Å². The first kappa shape index (κ1) is 25.5. The molecule has 3 aromatic rings. The number of benzene rings is 2. The Bertz CT molecular complexity index is 1440. The van der Waals surface area contributed by atoms with Gasteiger partial charge in [-0.15, -0.1) is 0 Å². The average molecular weight is 500 g/mol. The molecule has 1 aliphatic heterocycles. The maximum absolute atomic E-state index is 11.9. The molecule has 0 saturated carbocycles. The fourth-order valence-electron chi connectivity index (χ4n) is 4.63. The first-order valence-electron chi connectivity index (χ1n) is 11.9. The number of piperidine rings is 1. The van der Waals surface area contributed by atoms with Gasteiger partial charge in [-0.2, -0.15) is 10.5 Å². The number of hydrogen-bond acceptors (Lipinski definition) is 7. The van der Waals surface area contributed by atoms with Gasteiger partial charge in [-0.1, -0.05) is 12.1 Å². The molecule has 0 bridgehead atoms. The number of nitriles is 2. The fraction of sp³-hybridized carbons (Fsp3) is 0.357. The van der Waals surface area contributed by atoms with E-state index in [1.165, 1.54) is 6.26 Å². The molecule has 2 heterocycles. The standard InChI is InChI=1S/C28H29N5O2S/c1-28(2,18-30)19-33-13-11-21(12-14-33)26-25(23-6-4-5-20(15-23)16-29)17-31-27(32-26)22-7-9-24(10-8-22)36(3,34)35/h4-10,15,17,21H,11-14,19H2,1-3H3. The van der Waals surface area contributed by atoms with Crippen LogP contribution < -0.4 is 0 Å². The molecule has 0 radical (unpaired) electrons. The van der Waals surface area contributed by atoms with Gasteiger partial charge in [-0.3, -0.25) is 0 Å². The molecule has 7 nitrogen and oxygen atoms in total. The second-order valence-corrected chi connectivity index (χ2v) is 12.0. The lowest BCUT2D eigenvalue weighted by molar-refractivity contribution is 0.169. The van der Waals surface area contributed by atoms with Crippen molar-refractivity contribution < 1.29 is 8.42 Å². The predicted octanol–water partition coefficient (Wildman–Crippen LogP) is 4.81. The summed E-state index contributed by atoms with van der Waals surface area (Å²) in [5.41, 5.74) is 3.66. The van der Waals surface area contributed by atoms with E-state index in [4.69, 9.17) is 4.98 Å². The number of rotatable bonds is 6. The zero-order valence-corrected chi connectivity index (χ0v) is 21.6. The van der Waals surface area contributed by atoms with Crippen LogP contribution in [-0.2, 0) is 9.84 Å². The van der Waals surface area contributed by atoms with Gasteiger partial charge < -0.3 is 4.90 Å². The minimum absolute atomic E-state index is 0.198. The summed E-state index contributed by atoms with van der Waals surface area (Å²) in [6.45, 7) is 6.40. The molecule has 0 atom stereocenters. The molecule has 36 heavy (non-hydrogen) atoms. The molecule has 1 aromatic heterocycles. The molecular formula is C28H29N5O2S. The van der Waals surface area contributed by atoms with Crippen LogP contribution in [0, 0.1) is 28.1 Å². The van der Waals surface area contributed by atoms with Crippen molar-refractivity contribution in [3.05, 3.63) is 66.0 Å². The Morgan fingerprint density at radius 1 is 1.06 bits per heavy atom. The van der Waals surface area contributed by atoms with Gasteiger partial charge in [0.1, 0.15) is 0 Å². The normalized spacial score (nSPS) is 15.2. The number of sulfone groups is 1. The van der Waals surface area contributed by atoms with Crippen molar-refractivity contribution in [2.45, 2.75) is 37.5 Å². The molecule has 4 rings (SSSR count). The van der Waals surface area contributed by atoms with Crippen molar-refractivity contribution in [1.29, 1.82) is 10.5 Å². The Labute approximate surface area is 213 Å². The van der Waals surface area contributed by atoms with E-state index in [1.807, 2.05) is 38.2 Å². The number of aromatic nitrogens is 2. The maximum atomic E-state index is 11.9. The third-order valence-electron chi connectivity index (χ3n) is 6.56. The first-order valence-corrected chi connectivity index (χ1v) is 13.8. The lowest BCUT2D eigenvalue weighted by atomic mass is 9.87. The van der Waals surface area contributed by atoms with Gasteiger partial charge in [0.05, 0.1) is 33.7 Å². The molecular weight excluding hydrogens is 470 g/mol. The van der Waals surface area contributed by atoms with E-state index in [9.17, 15) is 18.9 Å². The van der Waals surface area contributed by atoms with E-state index in [0.717, 1.165) is 54.9 Å². The van der Waals surface area contributed by atoms with Gasteiger partial charge in [-0.05, 0) is 81.7 Å². The lowest BCUT2D eigenvalue weighted by Crippen LogP contribution is -2.39. The second kappa shape index (κ2) is 10.2. The third kappa shape index (κ3) is 5.79. The van der Waals surface area contributed by atoms with E-state index in [1.54, 1.807) is 30.3 Å². The van der Waals surface area contributed by atoms with Crippen molar-refractivity contribution in [2.24, 2.45) is 5.41 Å². The zero-order chi connectivity index (χ0) is 25.9. The molecule has 0 unspecified atom stereocenters. The SMILES string of the molecule is CC(C)(C#N)CN1CCC(c2nc(-c3ccc(S(C)(=O)=O)cc3)ncc2-c2cccc(C#N)c2)CC1. The van der Waals surface area contributed by atoms with Crippen LogP contribution in [0.25, 0.3) is 22.5 Å². The third-order valence-corrected chi connectivity index (χ3v) is 7.69. The Balaban J connectivity index is 1.70. The molecule has 1 saturated heterocycles. The summed E-state index contributed by atoms with van der Waals surface area (Å²) in [5.74, 6) is 0.738. The molecule has 2 aromatic carbocycles. The Morgan fingerprint density at radius 3 is 2.36 bits per heavy atom. The van der Waals surface area contributed by atoms with Crippen molar-refractivity contribution in [2.75, 3.05) is 25.9 Å². The summed E-state index contributed by atoms with van der Waals surface area (Å²) in [5, 5.41) is 18.8. The molecule has 8 heteroatoms. The summed E-state index contributed by atoms with van der Waals surface area (Å²) < 4.78 is 23.7.